The molecule has 0 aliphatic heterocycles. The molecular weight excluding hydrogens is 280 g/mol. The SMILES string of the molecule is Cc1cc(Sc2ncc(CNC(C)(C)C)cc2C)n(C)n1. The number of nitrogens with one attached hydrogen (secondary N) is 1. The molecule has 2 aromatic heterocycles. The van der Waals surface area contributed by atoms with E-state index in [-0.39, 0.29) is 5.54 Å². The number of nitrogens with zero attached hydrogens (tertiary/aromatic N) is 3. The van der Waals surface area contributed by atoms with Crippen LogP contribution in [0.1, 0.15) is 37.6 Å². The maximum atomic E-state index is 4.61. The third kappa shape index (κ3) is 4.58. The van der Waals surface area contributed by atoms with E-state index in [4.69, 9.17) is 0 Å². The van der Waals surface area contributed by atoms with Crippen molar-refractivity contribution < 1.29 is 0 Å². The van der Waals surface area contributed by atoms with E-state index in [1.165, 1.54) is 11.1 Å². The van der Waals surface area contributed by atoms with Gasteiger partial charge in [-0.05, 0) is 51.8 Å². The minimum Gasteiger partial charge on any atom is -0.308 e. The lowest BCUT2D eigenvalue weighted by Crippen LogP contribution is -2.35. The van der Waals surface area contributed by atoms with Gasteiger partial charge in [-0.25, -0.2) is 4.98 Å². The van der Waals surface area contributed by atoms with E-state index in [1.807, 2.05) is 24.9 Å². The number of hydrogen-bond donors (Lipinski definition) is 1. The molecule has 0 fully saturated rings. The topological polar surface area (TPSA) is 42.7 Å². The van der Waals surface area contributed by atoms with Gasteiger partial charge in [0.2, 0.25) is 0 Å². The van der Waals surface area contributed by atoms with Crippen molar-refractivity contribution in [3.05, 3.63) is 35.2 Å². The predicted octanol–water partition coefficient (Wildman–Crippen LogP) is 3.47. The first-order valence-corrected chi connectivity index (χ1v) is 7.95. The Kier molecular flexibility index (Phi) is 4.74. The summed E-state index contributed by atoms with van der Waals surface area (Å²) in [6, 6.07) is 4.29. The highest BCUT2D eigenvalue weighted by atomic mass is 32.2. The fourth-order valence-corrected chi connectivity index (χ4v) is 2.90. The van der Waals surface area contributed by atoms with Gasteiger partial charge in [-0.3, -0.25) is 4.68 Å². The zero-order valence-corrected chi connectivity index (χ0v) is 14.5. The molecule has 0 aromatic carbocycles. The van der Waals surface area contributed by atoms with Crippen LogP contribution < -0.4 is 5.32 Å². The largest absolute Gasteiger partial charge is 0.308 e. The number of aryl methyl sites for hydroxylation is 3. The molecule has 0 bridgehead atoms. The van der Waals surface area contributed by atoms with Gasteiger partial charge < -0.3 is 5.32 Å². The Morgan fingerprint density at radius 2 is 1.95 bits per heavy atom. The Hall–Kier alpha value is -1.33. The monoisotopic (exact) mass is 304 g/mol. The minimum atomic E-state index is 0.119. The summed E-state index contributed by atoms with van der Waals surface area (Å²) in [4.78, 5) is 4.61. The van der Waals surface area contributed by atoms with Crippen LogP contribution in [0.25, 0.3) is 0 Å². The van der Waals surface area contributed by atoms with E-state index < -0.39 is 0 Å². The van der Waals surface area contributed by atoms with Gasteiger partial charge in [-0.1, -0.05) is 17.8 Å². The van der Waals surface area contributed by atoms with Crippen LogP contribution >= 0.6 is 11.8 Å². The smallest absolute Gasteiger partial charge is 0.105 e. The first-order valence-electron chi connectivity index (χ1n) is 7.13. The maximum Gasteiger partial charge on any atom is 0.105 e. The molecule has 5 heteroatoms. The summed E-state index contributed by atoms with van der Waals surface area (Å²) in [5.74, 6) is 0. The predicted molar refractivity (Wildman–Crippen MR) is 87.6 cm³/mol. The summed E-state index contributed by atoms with van der Waals surface area (Å²) in [7, 11) is 1.96. The molecule has 0 unspecified atom stereocenters. The van der Waals surface area contributed by atoms with E-state index >= 15 is 0 Å². The molecule has 1 N–H and O–H groups in total. The second kappa shape index (κ2) is 6.20. The summed E-state index contributed by atoms with van der Waals surface area (Å²) in [5.41, 5.74) is 3.57. The van der Waals surface area contributed by atoms with E-state index in [0.717, 1.165) is 22.3 Å². The summed E-state index contributed by atoms with van der Waals surface area (Å²) in [6.45, 7) is 11.5. The first-order chi connectivity index (χ1) is 9.74. The molecule has 21 heavy (non-hydrogen) atoms. The second-order valence-electron chi connectivity index (χ2n) is 6.42. The van der Waals surface area contributed by atoms with Crippen LogP contribution in [0.3, 0.4) is 0 Å². The van der Waals surface area contributed by atoms with Gasteiger partial charge in [-0.2, -0.15) is 5.10 Å². The van der Waals surface area contributed by atoms with E-state index in [0.29, 0.717) is 0 Å². The molecule has 2 heterocycles. The summed E-state index contributed by atoms with van der Waals surface area (Å²) < 4.78 is 1.90. The molecule has 114 valence electrons. The normalized spacial score (nSPS) is 11.9. The standard InChI is InChI=1S/C16H24N4S/c1-11-7-13(10-18-16(3,4)5)9-17-15(11)21-14-8-12(2)19-20(14)6/h7-9,18H,10H2,1-6H3. The number of rotatable bonds is 4. The number of pyridine rings is 1. The van der Waals surface area contributed by atoms with Crippen LogP contribution in [-0.2, 0) is 13.6 Å². The molecule has 4 nitrogen and oxygen atoms in total. The van der Waals surface area contributed by atoms with Crippen LogP contribution in [0, 0.1) is 13.8 Å². The Bertz CT molecular complexity index is 626. The molecule has 0 saturated carbocycles. The van der Waals surface area contributed by atoms with Crippen LogP contribution in [0.15, 0.2) is 28.4 Å². The third-order valence-corrected chi connectivity index (χ3v) is 4.28. The highest BCUT2D eigenvalue weighted by Crippen LogP contribution is 2.28. The molecule has 0 aliphatic rings. The van der Waals surface area contributed by atoms with Crippen molar-refractivity contribution in [2.24, 2.45) is 7.05 Å². The average molecular weight is 304 g/mol. The van der Waals surface area contributed by atoms with Crippen molar-refractivity contribution in [3.8, 4) is 0 Å². The number of aromatic nitrogens is 3. The van der Waals surface area contributed by atoms with Gasteiger partial charge in [-0.15, -0.1) is 0 Å². The molecule has 2 aromatic rings. The minimum absolute atomic E-state index is 0.119. The molecule has 0 radical (unpaired) electrons. The van der Waals surface area contributed by atoms with E-state index in [2.05, 4.69) is 55.2 Å². The molecular formula is C16H24N4S. The van der Waals surface area contributed by atoms with Crippen LogP contribution in [-0.4, -0.2) is 20.3 Å². The molecule has 0 spiro atoms. The van der Waals surface area contributed by atoms with E-state index in [9.17, 15) is 0 Å². The molecule has 0 aliphatic carbocycles. The van der Waals surface area contributed by atoms with E-state index in [1.54, 1.807) is 11.8 Å². The van der Waals surface area contributed by atoms with Gasteiger partial charge in [0.05, 0.1) is 5.69 Å². The van der Waals surface area contributed by atoms with Gasteiger partial charge in [0, 0.05) is 25.3 Å². The van der Waals surface area contributed by atoms with Gasteiger partial charge in [0.1, 0.15) is 10.1 Å². The van der Waals surface area contributed by atoms with Crippen molar-refractivity contribution in [2.75, 3.05) is 0 Å². The average Bonchev–Trinajstić information content (AvgIpc) is 2.67. The Labute approximate surface area is 131 Å². The Balaban J connectivity index is 2.10. The molecule has 0 saturated heterocycles. The lowest BCUT2D eigenvalue weighted by Gasteiger charge is -2.20. The fraction of sp³-hybridized carbons (Fsp3) is 0.500. The van der Waals surface area contributed by atoms with Crippen LogP contribution in [0.5, 0.6) is 0 Å². The summed E-state index contributed by atoms with van der Waals surface area (Å²) in [6.07, 6.45) is 1.96. The number of hydrogen-bond acceptors (Lipinski definition) is 4. The highest BCUT2D eigenvalue weighted by Gasteiger charge is 2.11. The van der Waals surface area contributed by atoms with Crippen molar-refractivity contribution in [2.45, 2.75) is 56.8 Å². The molecule has 0 atom stereocenters. The van der Waals surface area contributed by atoms with Gasteiger partial charge >= 0.3 is 0 Å². The van der Waals surface area contributed by atoms with Crippen LogP contribution in [0.4, 0.5) is 0 Å². The maximum absolute atomic E-state index is 4.61. The van der Waals surface area contributed by atoms with Crippen molar-refractivity contribution >= 4 is 11.8 Å². The van der Waals surface area contributed by atoms with Crippen LogP contribution in [0.2, 0.25) is 0 Å². The lowest BCUT2D eigenvalue weighted by atomic mass is 10.1. The Morgan fingerprint density at radius 1 is 1.24 bits per heavy atom. The Morgan fingerprint density at radius 3 is 2.48 bits per heavy atom. The van der Waals surface area contributed by atoms with Crippen molar-refractivity contribution in [1.29, 1.82) is 0 Å². The molecule has 0 amide bonds. The van der Waals surface area contributed by atoms with Crippen molar-refractivity contribution in [3.63, 3.8) is 0 Å². The summed E-state index contributed by atoms with van der Waals surface area (Å²) >= 11 is 1.66. The lowest BCUT2D eigenvalue weighted by molar-refractivity contribution is 0.424. The van der Waals surface area contributed by atoms with Gasteiger partial charge in [0.25, 0.3) is 0 Å². The fourth-order valence-electron chi connectivity index (χ4n) is 1.97. The third-order valence-electron chi connectivity index (χ3n) is 3.07. The zero-order valence-electron chi connectivity index (χ0n) is 13.7. The summed E-state index contributed by atoms with van der Waals surface area (Å²) in [5, 5.41) is 10.0. The van der Waals surface area contributed by atoms with Crippen molar-refractivity contribution in [1.82, 2.24) is 20.1 Å². The zero-order chi connectivity index (χ0) is 15.6. The van der Waals surface area contributed by atoms with Gasteiger partial charge in [0.15, 0.2) is 0 Å². The highest BCUT2D eigenvalue weighted by molar-refractivity contribution is 7.99. The first kappa shape index (κ1) is 16.0. The molecule has 2 rings (SSSR count). The second-order valence-corrected chi connectivity index (χ2v) is 7.43. The quantitative estimate of drug-likeness (QED) is 0.939.